The summed E-state index contributed by atoms with van der Waals surface area (Å²) in [6.07, 6.45) is 8.13. The number of nitrogens with zero attached hydrogens (tertiary/aromatic N) is 3. The number of anilines is 2. The Hall–Kier alpha value is -4.34. The summed E-state index contributed by atoms with van der Waals surface area (Å²) in [5.74, 6) is -0.172. The Morgan fingerprint density at radius 1 is 1.29 bits per heavy atom. The number of hydrogen-bond donors (Lipinski definition) is 3. The summed E-state index contributed by atoms with van der Waals surface area (Å²) in [5.41, 5.74) is 4.05. The van der Waals surface area contributed by atoms with Gasteiger partial charge in [-0.1, -0.05) is 18.2 Å². The average molecular weight is 460 g/mol. The van der Waals surface area contributed by atoms with Gasteiger partial charge >= 0.3 is 0 Å². The molecule has 2 aliphatic heterocycles. The molecule has 10 heteroatoms. The predicted octanol–water partition coefficient (Wildman–Crippen LogP) is 3.78. The van der Waals surface area contributed by atoms with Crippen LogP contribution in [0.1, 0.15) is 28.4 Å². The molecular weight excluding hydrogens is 439 g/mol. The molecule has 5 heterocycles. The highest BCUT2D eigenvalue weighted by Crippen LogP contribution is 2.43. The van der Waals surface area contributed by atoms with E-state index < -0.39 is 5.82 Å². The molecule has 0 fully saturated rings. The van der Waals surface area contributed by atoms with Gasteiger partial charge in [-0.3, -0.25) is 4.79 Å². The van der Waals surface area contributed by atoms with Crippen molar-refractivity contribution < 1.29 is 18.7 Å². The zero-order valence-electron chi connectivity index (χ0n) is 18.3. The van der Waals surface area contributed by atoms with E-state index in [4.69, 9.17) is 9.47 Å². The Morgan fingerprint density at radius 3 is 3.09 bits per heavy atom. The minimum atomic E-state index is -0.507. The largest absolute Gasteiger partial charge is 0.492 e. The molecule has 9 nitrogen and oxygen atoms in total. The van der Waals surface area contributed by atoms with E-state index in [1.54, 1.807) is 35.1 Å². The van der Waals surface area contributed by atoms with E-state index in [2.05, 4.69) is 25.7 Å². The van der Waals surface area contributed by atoms with Crippen LogP contribution in [-0.4, -0.2) is 45.8 Å². The summed E-state index contributed by atoms with van der Waals surface area (Å²) in [6.45, 7) is 0.884. The topological polar surface area (TPSA) is 106 Å². The van der Waals surface area contributed by atoms with Crippen molar-refractivity contribution in [2.45, 2.75) is 12.3 Å². The smallest absolute Gasteiger partial charge is 0.255 e. The van der Waals surface area contributed by atoms with E-state index in [-0.39, 0.29) is 17.6 Å². The van der Waals surface area contributed by atoms with Crippen molar-refractivity contribution in [3.8, 4) is 22.9 Å². The molecule has 0 saturated carbocycles. The number of carbonyl (C=O) groups excluding carboxylic acids is 1. The minimum Gasteiger partial charge on any atom is -0.492 e. The maximum absolute atomic E-state index is 14.4. The van der Waals surface area contributed by atoms with Gasteiger partial charge < -0.3 is 25.1 Å². The number of hydrogen-bond acceptors (Lipinski definition) is 6. The molecule has 172 valence electrons. The van der Waals surface area contributed by atoms with Gasteiger partial charge in [0.25, 0.3) is 5.91 Å². The van der Waals surface area contributed by atoms with E-state index in [9.17, 15) is 9.18 Å². The number of benzene rings is 1. The Kier molecular flexibility index (Phi) is 4.72. The number of nitrogens with one attached hydrogen (secondary N) is 3. The molecule has 0 aliphatic carbocycles. The third-order valence-electron chi connectivity index (χ3n) is 6.13. The lowest BCUT2D eigenvalue weighted by molar-refractivity contribution is 0.0941. The summed E-state index contributed by atoms with van der Waals surface area (Å²) < 4.78 is 27.2. The molecule has 3 N–H and O–H groups in total. The van der Waals surface area contributed by atoms with Gasteiger partial charge in [-0.25, -0.2) is 8.91 Å². The molecule has 2 aliphatic rings. The first-order chi connectivity index (χ1) is 16.6. The fraction of sp³-hybridized carbons (Fsp3) is 0.208. The van der Waals surface area contributed by atoms with Gasteiger partial charge in [0.2, 0.25) is 5.88 Å². The van der Waals surface area contributed by atoms with Gasteiger partial charge in [-0.05, 0) is 18.6 Å². The molecule has 4 bridgehead atoms. The van der Waals surface area contributed by atoms with Gasteiger partial charge in [0.05, 0.1) is 41.5 Å². The number of H-pyrrole nitrogens is 1. The van der Waals surface area contributed by atoms with Crippen molar-refractivity contribution in [3.05, 3.63) is 65.9 Å². The zero-order valence-corrected chi connectivity index (χ0v) is 18.3. The standard InChI is InChI=1S/C24H21FN6O3/c1-33-22-15(25)6-4-7-16(22)28-21-18-19-13(11-26-24(18)32)5-2-3-10-34-17-8-9-31-23(29-17)14(12-27-31)20(21)30-19/h2-4,6-9,12-13,28,30H,5,10-11H2,1H3,(H,26,32)/b3-2-/t13-/m1/s1. The first-order valence-electron chi connectivity index (χ1n) is 10.9. The van der Waals surface area contributed by atoms with Crippen LogP contribution >= 0.6 is 0 Å². The molecule has 6 rings (SSSR count). The molecule has 0 unspecified atom stereocenters. The SMILES string of the molecule is COc1c(F)cccc1Nc1c2[nH]c3c1C(=O)NC[C@H]3C/C=C\COc1ccn3ncc-2c3n1. The Morgan fingerprint density at radius 2 is 2.21 bits per heavy atom. The van der Waals surface area contributed by atoms with E-state index in [0.717, 1.165) is 5.69 Å². The van der Waals surface area contributed by atoms with E-state index >= 15 is 0 Å². The van der Waals surface area contributed by atoms with Crippen molar-refractivity contribution in [2.24, 2.45) is 0 Å². The lowest BCUT2D eigenvalue weighted by Crippen LogP contribution is -2.34. The van der Waals surface area contributed by atoms with Crippen LogP contribution in [0.5, 0.6) is 11.6 Å². The van der Waals surface area contributed by atoms with Crippen molar-refractivity contribution in [3.63, 3.8) is 0 Å². The molecule has 3 aromatic heterocycles. The van der Waals surface area contributed by atoms with Crippen LogP contribution in [0.3, 0.4) is 0 Å². The molecule has 4 aromatic rings. The van der Waals surface area contributed by atoms with Crippen molar-refractivity contribution in [1.29, 1.82) is 0 Å². The number of para-hydroxylation sites is 1. The molecule has 0 radical (unpaired) electrons. The third kappa shape index (κ3) is 3.18. The van der Waals surface area contributed by atoms with Gasteiger partial charge in [0, 0.05) is 30.4 Å². The first-order valence-corrected chi connectivity index (χ1v) is 10.9. The number of rotatable bonds is 3. The number of aromatic nitrogens is 4. The monoisotopic (exact) mass is 460 g/mol. The Labute approximate surface area is 193 Å². The summed E-state index contributed by atoms with van der Waals surface area (Å²) in [5, 5.41) is 10.7. The van der Waals surface area contributed by atoms with Crippen LogP contribution in [0.4, 0.5) is 15.8 Å². The second-order valence-electron chi connectivity index (χ2n) is 8.13. The van der Waals surface area contributed by atoms with Crippen molar-refractivity contribution in [1.82, 2.24) is 24.9 Å². The van der Waals surface area contributed by atoms with Gasteiger partial charge in [0.1, 0.15) is 6.61 Å². The lowest BCUT2D eigenvalue weighted by Gasteiger charge is -2.23. The fourth-order valence-electron chi connectivity index (χ4n) is 4.52. The molecule has 34 heavy (non-hydrogen) atoms. The van der Waals surface area contributed by atoms with E-state index in [1.165, 1.54) is 13.2 Å². The van der Waals surface area contributed by atoms with Crippen molar-refractivity contribution >= 4 is 22.9 Å². The number of allylic oxidation sites excluding steroid dienone is 1. The molecule has 1 atom stereocenters. The van der Waals surface area contributed by atoms with E-state index in [0.29, 0.717) is 59.3 Å². The molecular formula is C24H21FN6O3. The molecule has 0 spiro atoms. The summed E-state index contributed by atoms with van der Waals surface area (Å²) in [4.78, 5) is 21.2. The minimum absolute atomic E-state index is 0.0237. The molecule has 1 amide bonds. The second-order valence-corrected chi connectivity index (χ2v) is 8.13. The zero-order chi connectivity index (χ0) is 23.2. The van der Waals surface area contributed by atoms with Crippen LogP contribution in [0.2, 0.25) is 0 Å². The lowest BCUT2D eigenvalue weighted by atomic mass is 9.93. The number of fused-ring (bicyclic) bond motifs is 3. The summed E-state index contributed by atoms with van der Waals surface area (Å²) in [7, 11) is 1.40. The van der Waals surface area contributed by atoms with Crippen LogP contribution < -0.4 is 20.1 Å². The van der Waals surface area contributed by atoms with Crippen LogP contribution in [0, 0.1) is 5.82 Å². The number of methoxy groups -OCH3 is 1. The summed E-state index contributed by atoms with van der Waals surface area (Å²) in [6, 6.07) is 6.35. The fourth-order valence-corrected chi connectivity index (χ4v) is 4.52. The highest BCUT2D eigenvalue weighted by atomic mass is 19.1. The van der Waals surface area contributed by atoms with Crippen LogP contribution in [-0.2, 0) is 0 Å². The van der Waals surface area contributed by atoms with Gasteiger partial charge in [0.15, 0.2) is 17.2 Å². The van der Waals surface area contributed by atoms with Gasteiger partial charge in [-0.2, -0.15) is 10.1 Å². The number of halogens is 1. The quantitative estimate of drug-likeness (QED) is 0.402. The number of carbonyl (C=O) groups is 1. The predicted molar refractivity (Wildman–Crippen MR) is 123 cm³/mol. The van der Waals surface area contributed by atoms with E-state index in [1.807, 2.05) is 12.2 Å². The average Bonchev–Trinajstić information content (AvgIpc) is 3.42. The second kappa shape index (κ2) is 7.91. The Balaban J connectivity index is 1.62. The van der Waals surface area contributed by atoms with Crippen LogP contribution in [0.25, 0.3) is 16.9 Å². The maximum atomic E-state index is 14.4. The number of aromatic amines is 1. The van der Waals surface area contributed by atoms with Gasteiger partial charge in [-0.15, -0.1) is 0 Å². The highest BCUT2D eigenvalue weighted by Gasteiger charge is 2.33. The summed E-state index contributed by atoms with van der Waals surface area (Å²) >= 11 is 0. The maximum Gasteiger partial charge on any atom is 0.255 e. The van der Waals surface area contributed by atoms with Crippen molar-refractivity contribution in [2.75, 3.05) is 25.6 Å². The highest BCUT2D eigenvalue weighted by molar-refractivity contribution is 6.07. The van der Waals surface area contributed by atoms with Crippen LogP contribution in [0.15, 0.2) is 48.8 Å². The first kappa shape index (κ1) is 20.3. The molecule has 0 saturated heterocycles. The number of amides is 1. The Bertz CT molecular complexity index is 1460. The molecule has 1 aromatic carbocycles. The third-order valence-corrected chi connectivity index (χ3v) is 6.13. The normalized spacial score (nSPS) is 17.8. The number of ether oxygens (including phenoxy) is 2.